The van der Waals surface area contributed by atoms with Crippen molar-refractivity contribution in [3.8, 4) is 6.07 Å². The lowest BCUT2D eigenvalue weighted by molar-refractivity contribution is 0.980. The summed E-state index contributed by atoms with van der Waals surface area (Å²) < 4.78 is 4.85. The van der Waals surface area contributed by atoms with Crippen LogP contribution in [0.15, 0.2) is 10.7 Å². The van der Waals surface area contributed by atoms with Crippen molar-refractivity contribution in [1.29, 1.82) is 5.26 Å². The molecular formula is C6H7N3S2. The third-order valence-electron chi connectivity index (χ3n) is 1.000. The van der Waals surface area contributed by atoms with Crippen molar-refractivity contribution < 1.29 is 0 Å². The normalized spacial score (nSPS) is 9.36. The largest absolute Gasteiger partial charge is 0.216 e. The van der Waals surface area contributed by atoms with E-state index in [0.29, 0.717) is 6.42 Å². The maximum atomic E-state index is 8.24. The molecule has 0 aliphatic carbocycles. The van der Waals surface area contributed by atoms with E-state index in [1.54, 1.807) is 18.1 Å². The van der Waals surface area contributed by atoms with Crippen molar-refractivity contribution in [2.75, 3.05) is 5.75 Å². The summed E-state index contributed by atoms with van der Waals surface area (Å²) >= 11 is 3.06. The molecule has 0 atom stereocenters. The third kappa shape index (κ3) is 3.35. The molecule has 1 aromatic heterocycles. The molecule has 0 aromatic carbocycles. The molecule has 58 valence electrons. The molecule has 3 nitrogen and oxygen atoms in total. The van der Waals surface area contributed by atoms with Gasteiger partial charge in [-0.05, 0) is 18.0 Å². The third-order valence-corrected chi connectivity index (χ3v) is 2.88. The zero-order chi connectivity index (χ0) is 7.94. The number of hydrogen-bond acceptors (Lipinski definition) is 5. The van der Waals surface area contributed by atoms with Crippen LogP contribution in [-0.4, -0.2) is 15.1 Å². The van der Waals surface area contributed by atoms with Crippen molar-refractivity contribution in [3.63, 3.8) is 0 Å². The van der Waals surface area contributed by atoms with Crippen molar-refractivity contribution in [1.82, 2.24) is 9.36 Å². The number of rotatable bonds is 4. The number of unbranched alkanes of at least 4 members (excludes halogenated alkanes) is 1. The standard InChI is InChI=1S/C6H7N3S2/c7-3-1-2-4-10-6-8-5-9-11-6/h5H,1-2,4H2. The SMILES string of the molecule is N#CCCCSc1ncns1. The Labute approximate surface area is 73.6 Å². The Morgan fingerprint density at radius 2 is 2.64 bits per heavy atom. The fourth-order valence-electron chi connectivity index (χ4n) is 0.537. The lowest BCUT2D eigenvalue weighted by Crippen LogP contribution is -1.77. The first kappa shape index (κ1) is 8.50. The first-order valence-electron chi connectivity index (χ1n) is 3.20. The van der Waals surface area contributed by atoms with Crippen LogP contribution in [0.1, 0.15) is 12.8 Å². The highest BCUT2D eigenvalue weighted by molar-refractivity contribution is 8.00. The van der Waals surface area contributed by atoms with Gasteiger partial charge in [0.25, 0.3) is 0 Å². The summed E-state index contributed by atoms with van der Waals surface area (Å²) in [5, 5.41) is 8.24. The van der Waals surface area contributed by atoms with E-state index in [0.717, 1.165) is 16.5 Å². The van der Waals surface area contributed by atoms with Gasteiger partial charge < -0.3 is 0 Å². The van der Waals surface area contributed by atoms with Crippen LogP contribution in [0.3, 0.4) is 0 Å². The smallest absolute Gasteiger partial charge is 0.169 e. The number of nitrogens with zero attached hydrogens (tertiary/aromatic N) is 3. The maximum Gasteiger partial charge on any atom is 0.169 e. The van der Waals surface area contributed by atoms with Crippen molar-refractivity contribution in [2.45, 2.75) is 17.2 Å². The average molecular weight is 185 g/mol. The fourth-order valence-corrected chi connectivity index (χ4v) is 1.99. The summed E-state index contributed by atoms with van der Waals surface area (Å²) in [5.41, 5.74) is 0. The first-order valence-corrected chi connectivity index (χ1v) is 4.96. The molecule has 0 spiro atoms. The van der Waals surface area contributed by atoms with Gasteiger partial charge in [0.15, 0.2) is 4.34 Å². The molecule has 0 amide bonds. The zero-order valence-corrected chi connectivity index (χ0v) is 7.49. The van der Waals surface area contributed by atoms with Gasteiger partial charge in [0, 0.05) is 12.2 Å². The van der Waals surface area contributed by atoms with E-state index < -0.39 is 0 Å². The van der Waals surface area contributed by atoms with Crippen LogP contribution in [-0.2, 0) is 0 Å². The maximum absolute atomic E-state index is 8.24. The number of aromatic nitrogens is 2. The molecule has 11 heavy (non-hydrogen) atoms. The van der Waals surface area contributed by atoms with Gasteiger partial charge in [0.05, 0.1) is 6.07 Å². The average Bonchev–Trinajstić information content (AvgIpc) is 2.50. The van der Waals surface area contributed by atoms with E-state index >= 15 is 0 Å². The Bertz CT molecular complexity index is 226. The first-order chi connectivity index (χ1) is 5.43. The van der Waals surface area contributed by atoms with Crippen LogP contribution in [0.2, 0.25) is 0 Å². The second kappa shape index (κ2) is 5.10. The summed E-state index contributed by atoms with van der Waals surface area (Å²) in [6, 6.07) is 2.10. The van der Waals surface area contributed by atoms with Crippen LogP contribution in [0.25, 0.3) is 0 Å². The Morgan fingerprint density at radius 3 is 3.27 bits per heavy atom. The van der Waals surface area contributed by atoms with E-state index in [2.05, 4.69) is 15.4 Å². The Hall–Kier alpha value is -0.600. The Kier molecular flexibility index (Phi) is 3.94. The molecule has 0 aliphatic heterocycles. The van der Waals surface area contributed by atoms with Gasteiger partial charge in [-0.2, -0.15) is 9.64 Å². The molecule has 0 radical (unpaired) electrons. The molecular weight excluding hydrogens is 178 g/mol. The minimum Gasteiger partial charge on any atom is -0.216 e. The topological polar surface area (TPSA) is 49.6 Å². The summed E-state index contributed by atoms with van der Waals surface area (Å²) in [6.45, 7) is 0. The molecule has 0 fully saturated rings. The fraction of sp³-hybridized carbons (Fsp3) is 0.500. The quantitative estimate of drug-likeness (QED) is 0.531. The van der Waals surface area contributed by atoms with Crippen molar-refractivity contribution in [3.05, 3.63) is 6.33 Å². The molecule has 1 heterocycles. The molecule has 0 saturated carbocycles. The van der Waals surface area contributed by atoms with Crippen LogP contribution in [0.5, 0.6) is 0 Å². The van der Waals surface area contributed by atoms with E-state index in [1.165, 1.54) is 11.5 Å². The molecule has 1 rings (SSSR count). The van der Waals surface area contributed by atoms with Gasteiger partial charge in [-0.3, -0.25) is 0 Å². The second-order valence-electron chi connectivity index (χ2n) is 1.82. The van der Waals surface area contributed by atoms with Crippen molar-refractivity contribution in [2.24, 2.45) is 0 Å². The number of thioether (sulfide) groups is 1. The van der Waals surface area contributed by atoms with Crippen LogP contribution < -0.4 is 0 Å². The van der Waals surface area contributed by atoms with Crippen LogP contribution in [0.4, 0.5) is 0 Å². The summed E-state index contributed by atoms with van der Waals surface area (Å²) in [4.78, 5) is 4.00. The lowest BCUT2D eigenvalue weighted by Gasteiger charge is -1.90. The van der Waals surface area contributed by atoms with Gasteiger partial charge in [0.2, 0.25) is 0 Å². The zero-order valence-electron chi connectivity index (χ0n) is 5.86. The predicted molar refractivity (Wildman–Crippen MR) is 45.5 cm³/mol. The van der Waals surface area contributed by atoms with E-state index in [4.69, 9.17) is 5.26 Å². The molecule has 0 aliphatic rings. The summed E-state index contributed by atoms with van der Waals surface area (Å²) in [6.07, 6.45) is 3.11. The van der Waals surface area contributed by atoms with E-state index in [-0.39, 0.29) is 0 Å². The van der Waals surface area contributed by atoms with Gasteiger partial charge in [0.1, 0.15) is 6.33 Å². The van der Waals surface area contributed by atoms with Crippen LogP contribution >= 0.6 is 23.3 Å². The van der Waals surface area contributed by atoms with E-state index in [1.807, 2.05) is 0 Å². The number of hydrogen-bond donors (Lipinski definition) is 0. The Morgan fingerprint density at radius 1 is 1.73 bits per heavy atom. The monoisotopic (exact) mass is 185 g/mol. The molecule has 0 unspecified atom stereocenters. The predicted octanol–water partition coefficient (Wildman–Crippen LogP) is 1.93. The lowest BCUT2D eigenvalue weighted by atomic mass is 10.4. The minimum absolute atomic E-state index is 0.631. The molecule has 1 aromatic rings. The molecule has 5 heteroatoms. The second-order valence-corrected chi connectivity index (χ2v) is 3.94. The highest BCUT2D eigenvalue weighted by atomic mass is 32.2. The van der Waals surface area contributed by atoms with Gasteiger partial charge in [-0.25, -0.2) is 4.98 Å². The van der Waals surface area contributed by atoms with Gasteiger partial charge in [-0.15, -0.1) is 0 Å². The highest BCUT2D eigenvalue weighted by Gasteiger charge is 1.95. The molecule has 0 saturated heterocycles. The number of nitriles is 1. The summed E-state index contributed by atoms with van der Waals surface area (Å²) in [5.74, 6) is 0.961. The van der Waals surface area contributed by atoms with Crippen LogP contribution in [0, 0.1) is 11.3 Å². The highest BCUT2D eigenvalue weighted by Crippen LogP contribution is 2.18. The van der Waals surface area contributed by atoms with Gasteiger partial charge >= 0.3 is 0 Å². The Balaban J connectivity index is 2.10. The molecule has 0 N–H and O–H groups in total. The minimum atomic E-state index is 0.631. The van der Waals surface area contributed by atoms with Gasteiger partial charge in [-0.1, -0.05) is 11.8 Å². The summed E-state index contributed by atoms with van der Waals surface area (Å²) in [7, 11) is 0. The van der Waals surface area contributed by atoms with E-state index in [9.17, 15) is 0 Å². The van der Waals surface area contributed by atoms with Crippen molar-refractivity contribution >= 4 is 23.3 Å². The molecule has 0 bridgehead atoms.